The molecular formula is C12H13NO4. The van der Waals surface area contributed by atoms with Gasteiger partial charge in [0.15, 0.2) is 0 Å². The Hall–Kier alpha value is -1.91. The van der Waals surface area contributed by atoms with Gasteiger partial charge in [0.2, 0.25) is 0 Å². The Balaban J connectivity index is 2.20. The molecule has 2 unspecified atom stereocenters. The van der Waals surface area contributed by atoms with Crippen LogP contribution in [0.25, 0.3) is 0 Å². The number of non-ortho nitro benzene ring substituents is 1. The average Bonchev–Trinajstić information content (AvgIpc) is 2.27. The van der Waals surface area contributed by atoms with Gasteiger partial charge in [0.1, 0.15) is 0 Å². The lowest BCUT2D eigenvalue weighted by Crippen LogP contribution is -2.32. The van der Waals surface area contributed by atoms with Crippen molar-refractivity contribution < 1.29 is 14.5 Å². The van der Waals surface area contributed by atoms with Crippen LogP contribution < -0.4 is 0 Å². The van der Waals surface area contributed by atoms with Gasteiger partial charge >= 0.3 is 5.97 Å². The van der Waals surface area contributed by atoms with E-state index in [1.807, 2.05) is 6.07 Å². The van der Waals surface area contributed by atoms with Crippen LogP contribution in [0.3, 0.4) is 0 Å². The van der Waals surface area contributed by atoms with E-state index in [0.717, 1.165) is 18.4 Å². The predicted molar refractivity (Wildman–Crippen MR) is 60.6 cm³/mol. The minimum Gasteiger partial charge on any atom is -0.469 e. The molecule has 90 valence electrons. The van der Waals surface area contributed by atoms with Gasteiger partial charge in [-0.1, -0.05) is 12.1 Å². The van der Waals surface area contributed by atoms with Crippen molar-refractivity contribution in [3.63, 3.8) is 0 Å². The molecule has 0 radical (unpaired) electrons. The Morgan fingerprint density at radius 1 is 1.47 bits per heavy atom. The third-order valence-corrected chi connectivity index (χ3v) is 3.29. The number of nitro groups is 1. The van der Waals surface area contributed by atoms with Gasteiger partial charge in [-0.15, -0.1) is 0 Å². The van der Waals surface area contributed by atoms with E-state index in [-0.39, 0.29) is 23.5 Å². The first-order valence-corrected chi connectivity index (χ1v) is 5.45. The molecule has 1 aromatic rings. The average molecular weight is 235 g/mol. The van der Waals surface area contributed by atoms with Gasteiger partial charge in [-0.2, -0.15) is 0 Å². The van der Waals surface area contributed by atoms with Crippen molar-refractivity contribution in [1.82, 2.24) is 0 Å². The molecule has 1 fully saturated rings. The molecule has 2 atom stereocenters. The van der Waals surface area contributed by atoms with Gasteiger partial charge < -0.3 is 4.74 Å². The standard InChI is InChI=1S/C12H13NO4/c1-17-12(14)11-6-5-10(11)8-3-2-4-9(7-8)13(15)16/h2-4,7,10-11H,5-6H2,1H3. The van der Waals surface area contributed by atoms with Crippen LogP contribution in [0.4, 0.5) is 5.69 Å². The number of hydrogen-bond acceptors (Lipinski definition) is 4. The highest BCUT2D eigenvalue weighted by Gasteiger charge is 2.38. The molecule has 0 spiro atoms. The Morgan fingerprint density at radius 3 is 2.76 bits per heavy atom. The zero-order chi connectivity index (χ0) is 12.4. The zero-order valence-corrected chi connectivity index (χ0v) is 9.46. The highest BCUT2D eigenvalue weighted by molar-refractivity contribution is 5.74. The maximum atomic E-state index is 11.4. The normalized spacial score (nSPS) is 22.6. The summed E-state index contributed by atoms with van der Waals surface area (Å²) in [6.07, 6.45) is 1.67. The molecule has 1 aliphatic carbocycles. The summed E-state index contributed by atoms with van der Waals surface area (Å²) < 4.78 is 4.71. The fourth-order valence-corrected chi connectivity index (χ4v) is 2.20. The van der Waals surface area contributed by atoms with Gasteiger partial charge in [0.05, 0.1) is 18.0 Å². The van der Waals surface area contributed by atoms with Crippen LogP contribution in [0.2, 0.25) is 0 Å². The van der Waals surface area contributed by atoms with Gasteiger partial charge in [-0.25, -0.2) is 0 Å². The van der Waals surface area contributed by atoms with Gasteiger partial charge in [-0.3, -0.25) is 14.9 Å². The molecule has 17 heavy (non-hydrogen) atoms. The van der Waals surface area contributed by atoms with E-state index in [2.05, 4.69) is 0 Å². The molecule has 2 rings (SSSR count). The number of rotatable bonds is 3. The molecule has 0 N–H and O–H groups in total. The van der Waals surface area contributed by atoms with Crippen LogP contribution in [0.5, 0.6) is 0 Å². The van der Waals surface area contributed by atoms with Crippen LogP contribution in [0, 0.1) is 16.0 Å². The summed E-state index contributed by atoms with van der Waals surface area (Å²) in [6.45, 7) is 0. The third kappa shape index (κ3) is 2.13. The molecule has 5 heteroatoms. The minimum atomic E-state index is -0.421. The smallest absolute Gasteiger partial charge is 0.309 e. The number of benzene rings is 1. The summed E-state index contributed by atoms with van der Waals surface area (Å²) in [5.74, 6) is -0.322. The summed E-state index contributed by atoms with van der Waals surface area (Å²) in [7, 11) is 1.37. The number of methoxy groups -OCH3 is 1. The first-order valence-electron chi connectivity index (χ1n) is 5.45. The van der Waals surface area contributed by atoms with Crippen molar-refractivity contribution in [3.05, 3.63) is 39.9 Å². The maximum absolute atomic E-state index is 11.4. The Kier molecular flexibility index (Phi) is 3.08. The monoisotopic (exact) mass is 235 g/mol. The lowest BCUT2D eigenvalue weighted by molar-refractivity contribution is -0.385. The minimum absolute atomic E-state index is 0.0577. The molecular weight excluding hydrogens is 222 g/mol. The number of nitrogens with zero attached hydrogens (tertiary/aromatic N) is 1. The number of esters is 1. The van der Waals surface area contributed by atoms with Crippen LogP contribution in [0.15, 0.2) is 24.3 Å². The van der Waals surface area contributed by atoms with E-state index in [1.54, 1.807) is 12.1 Å². The van der Waals surface area contributed by atoms with Crippen LogP contribution in [0.1, 0.15) is 24.3 Å². The maximum Gasteiger partial charge on any atom is 0.309 e. The van der Waals surface area contributed by atoms with Crippen LogP contribution in [-0.4, -0.2) is 18.0 Å². The lowest BCUT2D eigenvalue weighted by Gasteiger charge is -2.34. The molecule has 0 saturated heterocycles. The second-order valence-corrected chi connectivity index (χ2v) is 4.17. The second kappa shape index (κ2) is 4.53. The van der Waals surface area contributed by atoms with E-state index in [4.69, 9.17) is 4.74 Å². The highest BCUT2D eigenvalue weighted by Crippen LogP contribution is 2.43. The van der Waals surface area contributed by atoms with Gasteiger partial charge in [-0.05, 0) is 24.3 Å². The fourth-order valence-electron chi connectivity index (χ4n) is 2.20. The molecule has 5 nitrogen and oxygen atoms in total. The fraction of sp³-hybridized carbons (Fsp3) is 0.417. The van der Waals surface area contributed by atoms with Crippen molar-refractivity contribution in [2.24, 2.45) is 5.92 Å². The quantitative estimate of drug-likeness (QED) is 0.457. The highest BCUT2D eigenvalue weighted by atomic mass is 16.6. The first-order chi connectivity index (χ1) is 8.13. The van der Waals surface area contributed by atoms with E-state index in [9.17, 15) is 14.9 Å². The van der Waals surface area contributed by atoms with Crippen molar-refractivity contribution in [2.45, 2.75) is 18.8 Å². The van der Waals surface area contributed by atoms with Crippen LogP contribution >= 0.6 is 0 Å². The number of hydrogen-bond donors (Lipinski definition) is 0. The first kappa shape index (κ1) is 11.6. The van der Waals surface area contributed by atoms with Crippen molar-refractivity contribution in [1.29, 1.82) is 0 Å². The third-order valence-electron chi connectivity index (χ3n) is 3.29. The van der Waals surface area contributed by atoms with Crippen molar-refractivity contribution >= 4 is 11.7 Å². The molecule has 1 saturated carbocycles. The molecule has 0 heterocycles. The molecule has 1 aliphatic rings. The lowest BCUT2D eigenvalue weighted by atomic mass is 9.70. The predicted octanol–water partition coefficient (Wildman–Crippen LogP) is 2.26. The second-order valence-electron chi connectivity index (χ2n) is 4.17. The molecule has 1 aromatic carbocycles. The number of nitro benzene ring substituents is 1. The molecule has 0 amide bonds. The summed E-state index contributed by atoms with van der Waals surface area (Å²) in [5, 5.41) is 10.7. The summed E-state index contributed by atoms with van der Waals surface area (Å²) >= 11 is 0. The van der Waals surface area contributed by atoms with Crippen LogP contribution in [-0.2, 0) is 9.53 Å². The van der Waals surface area contributed by atoms with Gasteiger partial charge in [0.25, 0.3) is 5.69 Å². The molecule has 0 aromatic heterocycles. The summed E-state index contributed by atoms with van der Waals surface area (Å²) in [5.41, 5.74) is 0.916. The SMILES string of the molecule is COC(=O)C1CCC1c1cccc([N+](=O)[O-])c1. The van der Waals surface area contributed by atoms with Gasteiger partial charge in [0, 0.05) is 12.1 Å². The summed E-state index contributed by atoms with van der Waals surface area (Å²) in [6, 6.07) is 6.47. The number of ether oxygens (including phenoxy) is 1. The van der Waals surface area contributed by atoms with E-state index >= 15 is 0 Å². The zero-order valence-electron chi connectivity index (χ0n) is 9.46. The van der Waals surface area contributed by atoms with E-state index < -0.39 is 4.92 Å². The Morgan fingerprint density at radius 2 is 2.24 bits per heavy atom. The largest absolute Gasteiger partial charge is 0.469 e. The molecule has 0 bridgehead atoms. The van der Waals surface area contributed by atoms with Crippen molar-refractivity contribution in [3.8, 4) is 0 Å². The Bertz CT molecular complexity index is 458. The number of carbonyl (C=O) groups is 1. The van der Waals surface area contributed by atoms with Crippen molar-refractivity contribution in [2.75, 3.05) is 7.11 Å². The Labute approximate surface area is 98.5 Å². The number of carbonyl (C=O) groups excluding carboxylic acids is 1. The summed E-state index contributed by atoms with van der Waals surface area (Å²) in [4.78, 5) is 21.7. The topological polar surface area (TPSA) is 69.4 Å². The van der Waals surface area contributed by atoms with E-state index in [0.29, 0.717) is 0 Å². The van der Waals surface area contributed by atoms with E-state index in [1.165, 1.54) is 13.2 Å². The molecule has 0 aliphatic heterocycles.